The third-order valence-electron chi connectivity index (χ3n) is 4.85. The fourth-order valence-corrected chi connectivity index (χ4v) is 3.87. The molecular formula is C23H16Cl2N4O. The van der Waals surface area contributed by atoms with Crippen LogP contribution in [0.2, 0.25) is 10.2 Å². The maximum Gasteiger partial charge on any atom is 0.264 e. The number of para-hydroxylation sites is 1. The third-order valence-corrected chi connectivity index (χ3v) is 5.37. The standard InChI is InChI=1S/C23H16Cl2N4O/c1-14(28-19-11-21(25)27-13-16(19)12-26)20-10-15-6-5-9-18(24)22(15)23(30)29(20)17-7-3-2-4-8-17/h2-11,13-14H,1H3,(H,27,28)/t14-/m0/s1. The number of pyridine rings is 2. The summed E-state index contributed by atoms with van der Waals surface area (Å²) < 4.78 is 1.64. The van der Waals surface area contributed by atoms with Gasteiger partial charge in [0.15, 0.2) is 0 Å². The zero-order valence-corrected chi connectivity index (χ0v) is 17.4. The van der Waals surface area contributed by atoms with Gasteiger partial charge in [-0.1, -0.05) is 53.5 Å². The fraction of sp³-hybridized carbons (Fsp3) is 0.0870. The van der Waals surface area contributed by atoms with Crippen molar-refractivity contribution in [3.05, 3.63) is 98.6 Å². The van der Waals surface area contributed by atoms with Gasteiger partial charge in [-0.2, -0.15) is 5.26 Å². The lowest BCUT2D eigenvalue weighted by molar-refractivity contribution is 0.777. The quantitative estimate of drug-likeness (QED) is 0.415. The van der Waals surface area contributed by atoms with Crippen LogP contribution in [0.1, 0.15) is 24.2 Å². The van der Waals surface area contributed by atoms with Gasteiger partial charge in [-0.25, -0.2) is 4.98 Å². The van der Waals surface area contributed by atoms with Gasteiger partial charge in [0.2, 0.25) is 0 Å². The van der Waals surface area contributed by atoms with E-state index in [1.165, 1.54) is 6.20 Å². The van der Waals surface area contributed by atoms with Crippen LogP contribution in [-0.4, -0.2) is 9.55 Å². The van der Waals surface area contributed by atoms with Gasteiger partial charge < -0.3 is 5.32 Å². The lowest BCUT2D eigenvalue weighted by atomic mass is 10.1. The topological polar surface area (TPSA) is 70.7 Å². The zero-order chi connectivity index (χ0) is 21.3. The molecule has 4 aromatic rings. The molecule has 0 amide bonds. The minimum atomic E-state index is -0.327. The molecule has 0 aliphatic carbocycles. The van der Waals surface area contributed by atoms with E-state index >= 15 is 0 Å². The maximum atomic E-state index is 13.5. The van der Waals surface area contributed by atoms with E-state index in [9.17, 15) is 10.1 Å². The highest BCUT2D eigenvalue weighted by atomic mass is 35.5. The van der Waals surface area contributed by atoms with Crippen LogP contribution in [0.3, 0.4) is 0 Å². The average molecular weight is 435 g/mol. The van der Waals surface area contributed by atoms with Gasteiger partial charge in [0, 0.05) is 17.6 Å². The van der Waals surface area contributed by atoms with Crippen LogP contribution in [0, 0.1) is 11.3 Å². The van der Waals surface area contributed by atoms with Crippen molar-refractivity contribution in [2.24, 2.45) is 0 Å². The highest BCUT2D eigenvalue weighted by molar-refractivity contribution is 6.35. The van der Waals surface area contributed by atoms with E-state index in [1.54, 1.807) is 16.7 Å². The Kier molecular flexibility index (Phi) is 5.45. The van der Waals surface area contributed by atoms with Crippen molar-refractivity contribution < 1.29 is 0 Å². The predicted molar refractivity (Wildman–Crippen MR) is 121 cm³/mol. The van der Waals surface area contributed by atoms with Crippen molar-refractivity contribution in [3.8, 4) is 11.8 Å². The molecule has 0 aliphatic heterocycles. The van der Waals surface area contributed by atoms with Crippen molar-refractivity contribution in [3.63, 3.8) is 0 Å². The molecule has 2 aromatic carbocycles. The Morgan fingerprint density at radius 1 is 1.10 bits per heavy atom. The first kappa shape index (κ1) is 20.0. The number of fused-ring (bicyclic) bond motifs is 1. The smallest absolute Gasteiger partial charge is 0.264 e. The summed E-state index contributed by atoms with van der Waals surface area (Å²) in [5, 5.41) is 14.6. The molecule has 1 N–H and O–H groups in total. The average Bonchev–Trinajstić information content (AvgIpc) is 2.74. The van der Waals surface area contributed by atoms with E-state index in [2.05, 4.69) is 16.4 Å². The second-order valence-electron chi connectivity index (χ2n) is 6.78. The minimum absolute atomic E-state index is 0.207. The third kappa shape index (κ3) is 3.63. The first-order valence-corrected chi connectivity index (χ1v) is 9.97. The number of nitrogens with zero attached hydrogens (tertiary/aromatic N) is 3. The monoisotopic (exact) mass is 434 g/mol. The van der Waals surface area contributed by atoms with Crippen molar-refractivity contribution in [2.45, 2.75) is 13.0 Å². The Hall–Kier alpha value is -3.33. The second kappa shape index (κ2) is 8.19. The Labute approximate surface area is 183 Å². The summed E-state index contributed by atoms with van der Waals surface area (Å²) in [6.45, 7) is 1.92. The molecule has 0 radical (unpaired) electrons. The van der Waals surface area contributed by atoms with Crippen LogP contribution in [0.4, 0.5) is 5.69 Å². The summed E-state index contributed by atoms with van der Waals surface area (Å²) in [7, 11) is 0. The van der Waals surface area contributed by atoms with Gasteiger partial charge in [0.1, 0.15) is 11.2 Å². The lowest BCUT2D eigenvalue weighted by Crippen LogP contribution is -2.25. The molecule has 7 heteroatoms. The molecule has 0 fully saturated rings. The van der Waals surface area contributed by atoms with Crippen molar-refractivity contribution >= 4 is 39.7 Å². The summed E-state index contributed by atoms with van der Waals surface area (Å²) in [6, 6.07) is 20.1. The van der Waals surface area contributed by atoms with Crippen LogP contribution >= 0.6 is 23.2 Å². The molecule has 4 rings (SSSR count). The predicted octanol–water partition coefficient (Wildman–Crippen LogP) is 5.74. The zero-order valence-electron chi connectivity index (χ0n) is 15.9. The highest BCUT2D eigenvalue weighted by Crippen LogP contribution is 2.28. The summed E-state index contributed by atoms with van der Waals surface area (Å²) in [6.07, 6.45) is 1.42. The largest absolute Gasteiger partial charge is 0.376 e. The minimum Gasteiger partial charge on any atom is -0.376 e. The first-order valence-electron chi connectivity index (χ1n) is 9.21. The van der Waals surface area contributed by atoms with Crippen LogP contribution in [0.5, 0.6) is 0 Å². The number of halogens is 2. The lowest BCUT2D eigenvalue weighted by Gasteiger charge is -2.22. The SMILES string of the molecule is C[C@H](Nc1cc(Cl)ncc1C#N)c1cc2cccc(Cl)c2c(=O)n1-c1ccccc1. The molecule has 0 saturated carbocycles. The van der Waals surface area contributed by atoms with Gasteiger partial charge in [0.05, 0.1) is 27.7 Å². The van der Waals surface area contributed by atoms with Gasteiger partial charge >= 0.3 is 0 Å². The van der Waals surface area contributed by atoms with Crippen molar-refractivity contribution in [1.82, 2.24) is 9.55 Å². The number of nitriles is 1. The van der Waals surface area contributed by atoms with Crippen LogP contribution in [-0.2, 0) is 0 Å². The van der Waals surface area contributed by atoms with Crippen LogP contribution in [0.15, 0.2) is 71.7 Å². The maximum absolute atomic E-state index is 13.5. The number of rotatable bonds is 4. The number of anilines is 1. The molecule has 1 atom stereocenters. The summed E-state index contributed by atoms with van der Waals surface area (Å²) in [5.74, 6) is 0. The first-order chi connectivity index (χ1) is 14.5. The Morgan fingerprint density at radius 3 is 2.60 bits per heavy atom. The number of aromatic nitrogens is 2. The normalized spacial score (nSPS) is 11.8. The Bertz CT molecular complexity index is 1340. The van der Waals surface area contributed by atoms with Gasteiger partial charge in [-0.05, 0) is 42.6 Å². The summed E-state index contributed by atoms with van der Waals surface area (Å²) in [4.78, 5) is 17.4. The molecule has 2 aromatic heterocycles. The second-order valence-corrected chi connectivity index (χ2v) is 7.57. The van der Waals surface area contributed by atoms with E-state index in [0.717, 1.165) is 16.8 Å². The molecule has 30 heavy (non-hydrogen) atoms. The summed E-state index contributed by atoms with van der Waals surface area (Å²) >= 11 is 12.4. The number of benzene rings is 2. The van der Waals surface area contributed by atoms with Crippen molar-refractivity contribution in [2.75, 3.05) is 5.32 Å². The van der Waals surface area contributed by atoms with Gasteiger partial charge in [-0.15, -0.1) is 0 Å². The van der Waals surface area contributed by atoms with E-state index in [4.69, 9.17) is 23.2 Å². The van der Waals surface area contributed by atoms with E-state index in [1.807, 2.05) is 55.5 Å². The highest BCUT2D eigenvalue weighted by Gasteiger charge is 2.18. The molecule has 0 aliphatic rings. The van der Waals surface area contributed by atoms with Crippen molar-refractivity contribution in [1.29, 1.82) is 5.26 Å². The fourth-order valence-electron chi connectivity index (χ4n) is 3.45. The molecule has 0 spiro atoms. The van der Waals surface area contributed by atoms with E-state index in [-0.39, 0.29) is 16.8 Å². The molecule has 0 unspecified atom stereocenters. The van der Waals surface area contributed by atoms with E-state index < -0.39 is 0 Å². The molecule has 148 valence electrons. The van der Waals surface area contributed by atoms with E-state index in [0.29, 0.717) is 21.7 Å². The number of hydrogen-bond donors (Lipinski definition) is 1. The Morgan fingerprint density at radius 2 is 1.87 bits per heavy atom. The van der Waals surface area contributed by atoms with Crippen LogP contribution in [0.25, 0.3) is 16.5 Å². The molecule has 0 saturated heterocycles. The number of nitrogens with one attached hydrogen (secondary N) is 1. The molecule has 0 bridgehead atoms. The summed E-state index contributed by atoms with van der Waals surface area (Å²) in [5.41, 5.74) is 2.15. The molecule has 2 heterocycles. The van der Waals surface area contributed by atoms with Crippen LogP contribution < -0.4 is 10.9 Å². The molecule has 5 nitrogen and oxygen atoms in total. The number of hydrogen-bond acceptors (Lipinski definition) is 4. The Balaban J connectivity index is 1.93. The molecular weight excluding hydrogens is 419 g/mol. The van der Waals surface area contributed by atoms with Gasteiger partial charge in [0.25, 0.3) is 5.56 Å². The van der Waals surface area contributed by atoms with Gasteiger partial charge in [-0.3, -0.25) is 9.36 Å².